The first-order chi connectivity index (χ1) is 20.7. The Labute approximate surface area is 246 Å². The van der Waals surface area contributed by atoms with Gasteiger partial charge in [0.1, 0.15) is 13.3 Å². The van der Waals surface area contributed by atoms with Crippen molar-refractivity contribution in [3.8, 4) is 0 Å². The predicted molar refractivity (Wildman–Crippen MR) is 131 cm³/mol. The van der Waals surface area contributed by atoms with Crippen molar-refractivity contribution >= 4 is 18.3 Å². The van der Waals surface area contributed by atoms with Crippen LogP contribution in [0.2, 0.25) is 0 Å². The fourth-order valence-electron chi connectivity index (χ4n) is 2.45. The number of hydrogen-bond donors (Lipinski definition) is 2. The zero-order valence-corrected chi connectivity index (χ0v) is 23.8. The lowest BCUT2D eigenvalue weighted by Gasteiger charge is -2.25. The highest BCUT2D eigenvalue weighted by Gasteiger charge is 2.66. The first-order valence-corrected chi connectivity index (χ1v) is 13.0. The molecule has 0 aromatic rings. The number of carbonyl (C=O) groups excluding carboxylic acids is 3. The third-order valence-corrected chi connectivity index (χ3v) is 4.48. The first-order valence-electron chi connectivity index (χ1n) is 13.0. The minimum Gasteiger partial charge on any atom is -0.447 e. The maximum absolute atomic E-state index is 12.0. The Balaban J connectivity index is -0.000000576. The van der Waals surface area contributed by atoms with Gasteiger partial charge in [-0.3, -0.25) is 4.74 Å². The minimum absolute atomic E-state index is 0.199. The Morgan fingerprint density at radius 3 is 1.73 bits per heavy atom. The molecule has 0 aromatic carbocycles. The second kappa shape index (κ2) is 28.8. The molecule has 21 heteroatoms. The van der Waals surface area contributed by atoms with E-state index in [2.05, 4.69) is 41.5 Å². The van der Waals surface area contributed by atoms with Crippen molar-refractivity contribution in [3.63, 3.8) is 0 Å². The summed E-state index contributed by atoms with van der Waals surface area (Å²) in [5.41, 5.74) is 0. The zero-order valence-electron chi connectivity index (χ0n) is 23.8. The quantitative estimate of drug-likeness (QED) is 0.0423. The summed E-state index contributed by atoms with van der Waals surface area (Å²) in [6, 6.07) is 0. The largest absolute Gasteiger partial charge is 0.492 e. The van der Waals surface area contributed by atoms with E-state index in [0.29, 0.717) is 19.6 Å². The summed E-state index contributed by atoms with van der Waals surface area (Å²) in [6.45, 7) is -0.454. The summed E-state index contributed by atoms with van der Waals surface area (Å²) >= 11 is 0. The molecule has 0 aromatic heterocycles. The van der Waals surface area contributed by atoms with Crippen LogP contribution in [0.4, 0.5) is 53.6 Å². The Bertz CT molecular complexity index is 768. The van der Waals surface area contributed by atoms with Crippen molar-refractivity contribution < 1.29 is 82.3 Å². The highest BCUT2D eigenvalue weighted by molar-refractivity contribution is 5.67. The molecule has 0 rings (SSSR count). The zero-order chi connectivity index (χ0) is 34.3. The number of alkyl carbamates (subject to hydrolysis) is 2. The minimum atomic E-state index is -6.04. The lowest BCUT2D eigenvalue weighted by Crippen LogP contribution is -2.48. The molecule has 0 atom stereocenters. The van der Waals surface area contributed by atoms with Gasteiger partial charge in [-0.2, -0.15) is 17.6 Å². The first kappa shape index (κ1) is 45.5. The molecule has 0 saturated carbocycles. The number of nitrogens with one attached hydrogen (secondary N) is 2. The van der Waals surface area contributed by atoms with E-state index >= 15 is 0 Å². The smallest absolute Gasteiger partial charge is 0.447 e. The Kier molecular flexibility index (Phi) is 29.8. The van der Waals surface area contributed by atoms with Crippen LogP contribution in [0.3, 0.4) is 0 Å². The fraction of sp³-hybridized carbons (Fsp3) is 0.870. The molecule has 0 spiro atoms. The SMILES string of the molecule is CCCCCCCNC(=O)OCF.FCOC(F)(F)OC(F)(F)C(F)(F)OF.O=C=NCCCCCCNC(=O)OCCF. The third-order valence-electron chi connectivity index (χ3n) is 4.48. The van der Waals surface area contributed by atoms with Crippen LogP contribution in [0.15, 0.2) is 4.99 Å². The number of rotatable bonds is 22. The number of aliphatic imine (C=N–C) groups is 1. The molecule has 0 radical (unpaired) electrons. The van der Waals surface area contributed by atoms with E-state index in [-0.39, 0.29) is 6.61 Å². The van der Waals surface area contributed by atoms with Crippen molar-refractivity contribution in [3.05, 3.63) is 0 Å². The van der Waals surface area contributed by atoms with Crippen molar-refractivity contribution in [1.82, 2.24) is 10.6 Å². The maximum Gasteiger partial charge on any atom is 0.492 e. The Morgan fingerprint density at radius 1 is 0.750 bits per heavy atom. The van der Waals surface area contributed by atoms with Crippen LogP contribution in [0, 0.1) is 0 Å². The average molecular weight is 674 g/mol. The average Bonchev–Trinajstić information content (AvgIpc) is 2.95. The molecule has 0 heterocycles. The number of halogens is 10. The number of amides is 2. The number of unbranched alkanes of at least 4 members (excludes halogenated alkanes) is 7. The fourth-order valence-corrected chi connectivity index (χ4v) is 2.45. The summed E-state index contributed by atoms with van der Waals surface area (Å²) in [7, 11) is 0. The van der Waals surface area contributed by atoms with Crippen LogP contribution in [0.5, 0.6) is 0 Å². The van der Waals surface area contributed by atoms with E-state index in [0.717, 1.165) is 38.5 Å². The van der Waals surface area contributed by atoms with Crippen molar-refractivity contribution in [2.45, 2.75) is 83.2 Å². The van der Waals surface area contributed by atoms with E-state index < -0.39 is 51.1 Å². The molecular formula is C23H37F10N3O8. The van der Waals surface area contributed by atoms with Gasteiger partial charge < -0.3 is 20.1 Å². The number of ether oxygens (including phenoxy) is 4. The predicted octanol–water partition coefficient (Wildman–Crippen LogP) is 6.77. The standard InChI is InChI=1S/C10H17FN2O3.C9H18FNO2.C4H2F8O3/c11-5-8-16-10(15)13-7-4-2-1-3-6-12-9-14;1-2-3-4-5-6-7-11-9(12)13-8-10;5-1-13-4(10,11)14-2(6,7)3(8,9)15-12/h1-8H2,(H,13,15);2-8H2,1H3,(H,11,12);1H2. The third kappa shape index (κ3) is 29.2. The van der Waals surface area contributed by atoms with Gasteiger partial charge in [-0.05, 0) is 23.8 Å². The summed E-state index contributed by atoms with van der Waals surface area (Å²) < 4.78 is 130. The van der Waals surface area contributed by atoms with Crippen LogP contribution < -0.4 is 10.6 Å². The number of isocyanates is 1. The van der Waals surface area contributed by atoms with E-state index in [1.54, 1.807) is 0 Å². The van der Waals surface area contributed by atoms with E-state index in [1.807, 2.05) is 0 Å². The van der Waals surface area contributed by atoms with Gasteiger partial charge in [0.05, 0.1) is 6.54 Å². The van der Waals surface area contributed by atoms with E-state index in [1.165, 1.54) is 30.3 Å². The molecule has 0 saturated heterocycles. The lowest BCUT2D eigenvalue weighted by molar-refractivity contribution is -0.548. The van der Waals surface area contributed by atoms with Gasteiger partial charge in [0, 0.05) is 13.1 Å². The highest BCUT2D eigenvalue weighted by Crippen LogP contribution is 2.40. The molecule has 0 aliphatic rings. The number of carbonyl (C=O) groups is 2. The van der Waals surface area contributed by atoms with Crippen molar-refractivity contribution in [1.29, 1.82) is 0 Å². The molecule has 2 amide bonds. The molecule has 44 heavy (non-hydrogen) atoms. The molecule has 0 aliphatic carbocycles. The van der Waals surface area contributed by atoms with Gasteiger partial charge in [0.25, 0.3) is 0 Å². The number of hydrogen-bond acceptors (Lipinski definition) is 9. The topological polar surface area (TPSA) is 134 Å². The van der Waals surface area contributed by atoms with Gasteiger partial charge in [-0.15, -0.1) is 13.7 Å². The normalized spacial score (nSPS) is 11.2. The van der Waals surface area contributed by atoms with Gasteiger partial charge in [-0.1, -0.05) is 45.4 Å². The molecule has 262 valence electrons. The number of alkyl halides is 9. The van der Waals surface area contributed by atoms with Crippen LogP contribution in [0.25, 0.3) is 0 Å². The van der Waals surface area contributed by atoms with Crippen molar-refractivity contribution in [2.24, 2.45) is 4.99 Å². The van der Waals surface area contributed by atoms with Gasteiger partial charge in [-0.25, -0.2) is 37.3 Å². The summed E-state index contributed by atoms with van der Waals surface area (Å²) in [5, 5.41) is 4.97. The van der Waals surface area contributed by atoms with Crippen LogP contribution in [0.1, 0.15) is 64.7 Å². The Hall–Kier alpha value is -2.90. The van der Waals surface area contributed by atoms with Crippen molar-refractivity contribution in [2.75, 3.05) is 46.6 Å². The molecule has 0 fully saturated rings. The van der Waals surface area contributed by atoms with E-state index in [4.69, 9.17) is 0 Å². The summed E-state index contributed by atoms with van der Waals surface area (Å²) in [6.07, 6.45) is -7.91. The molecule has 0 aliphatic heterocycles. The van der Waals surface area contributed by atoms with Crippen LogP contribution >= 0.6 is 0 Å². The van der Waals surface area contributed by atoms with Crippen LogP contribution in [-0.4, -0.2) is 83.4 Å². The summed E-state index contributed by atoms with van der Waals surface area (Å²) in [5.74, 6) is 0. The Morgan fingerprint density at radius 2 is 1.27 bits per heavy atom. The molecule has 0 unspecified atom stereocenters. The molecular weight excluding hydrogens is 636 g/mol. The second-order valence-electron chi connectivity index (χ2n) is 7.95. The maximum atomic E-state index is 12.0. The van der Waals surface area contributed by atoms with Gasteiger partial charge in [0.2, 0.25) is 12.9 Å². The van der Waals surface area contributed by atoms with Gasteiger partial charge in [0.15, 0.2) is 6.86 Å². The van der Waals surface area contributed by atoms with E-state index in [9.17, 15) is 58.4 Å². The van der Waals surface area contributed by atoms with Crippen LogP contribution in [-0.2, 0) is 28.7 Å². The molecule has 0 bridgehead atoms. The number of nitrogens with zero attached hydrogens (tertiary/aromatic N) is 1. The molecule has 11 nitrogen and oxygen atoms in total. The summed E-state index contributed by atoms with van der Waals surface area (Å²) in [4.78, 5) is 36.0. The monoisotopic (exact) mass is 673 g/mol. The lowest BCUT2D eigenvalue weighted by atomic mass is 10.1. The second-order valence-corrected chi connectivity index (χ2v) is 7.95. The highest BCUT2D eigenvalue weighted by atomic mass is 19.4. The van der Waals surface area contributed by atoms with Gasteiger partial charge >= 0.3 is 30.7 Å². The molecule has 2 N–H and O–H groups in total.